The molecule has 98 valence electrons. The van der Waals surface area contributed by atoms with Crippen LogP contribution in [0.15, 0.2) is 35.7 Å². The molecule has 0 amide bonds. The molecule has 0 spiro atoms. The van der Waals surface area contributed by atoms with Crippen LogP contribution in [0.4, 0.5) is 5.13 Å². The first kappa shape index (κ1) is 12.6. The molecule has 2 heterocycles. The third-order valence-electron chi connectivity index (χ3n) is 3.21. The summed E-state index contributed by atoms with van der Waals surface area (Å²) in [6, 6.07) is 11.0. The van der Waals surface area contributed by atoms with Gasteiger partial charge in [0.15, 0.2) is 5.13 Å². The van der Waals surface area contributed by atoms with Crippen molar-refractivity contribution in [3.05, 3.63) is 46.2 Å². The minimum Gasteiger partial charge on any atom is -0.354 e. The maximum atomic E-state index is 4.72. The number of hydrogen-bond acceptors (Lipinski definition) is 4. The summed E-state index contributed by atoms with van der Waals surface area (Å²) in [5.74, 6) is 0. The number of nitrogens with zero attached hydrogens (tertiary/aromatic N) is 1. The number of thiophene rings is 1. The van der Waals surface area contributed by atoms with Crippen molar-refractivity contribution in [3.8, 4) is 0 Å². The molecule has 0 aliphatic rings. The van der Waals surface area contributed by atoms with E-state index in [0.717, 1.165) is 17.1 Å². The van der Waals surface area contributed by atoms with E-state index in [4.69, 9.17) is 4.98 Å². The molecular formula is C15H16N2S2. The molecule has 4 heteroatoms. The van der Waals surface area contributed by atoms with Gasteiger partial charge in [0.25, 0.3) is 0 Å². The fourth-order valence-electron chi connectivity index (χ4n) is 2.16. The maximum absolute atomic E-state index is 4.72. The molecule has 0 saturated carbocycles. The van der Waals surface area contributed by atoms with Crippen molar-refractivity contribution in [1.82, 2.24) is 4.98 Å². The molecular weight excluding hydrogens is 272 g/mol. The largest absolute Gasteiger partial charge is 0.354 e. The number of aromatic nitrogens is 1. The summed E-state index contributed by atoms with van der Waals surface area (Å²) in [7, 11) is 0. The fourth-order valence-corrected chi connectivity index (χ4v) is 4.02. The van der Waals surface area contributed by atoms with E-state index in [0.29, 0.717) is 6.04 Å². The van der Waals surface area contributed by atoms with E-state index in [1.165, 1.54) is 15.1 Å². The first-order chi connectivity index (χ1) is 9.28. The molecule has 0 bridgehead atoms. The van der Waals surface area contributed by atoms with Crippen molar-refractivity contribution in [1.29, 1.82) is 0 Å². The first-order valence-electron chi connectivity index (χ1n) is 6.44. The van der Waals surface area contributed by atoms with Gasteiger partial charge in [0.05, 0.1) is 16.3 Å². The van der Waals surface area contributed by atoms with E-state index < -0.39 is 0 Å². The van der Waals surface area contributed by atoms with Crippen molar-refractivity contribution in [2.24, 2.45) is 0 Å². The summed E-state index contributed by atoms with van der Waals surface area (Å²) in [6.45, 7) is 4.32. The highest BCUT2D eigenvalue weighted by Crippen LogP contribution is 2.32. The van der Waals surface area contributed by atoms with Gasteiger partial charge in [-0.15, -0.1) is 11.3 Å². The van der Waals surface area contributed by atoms with Crippen molar-refractivity contribution in [2.45, 2.75) is 26.3 Å². The first-order valence-corrected chi connectivity index (χ1v) is 8.13. The average Bonchev–Trinajstić information content (AvgIpc) is 3.05. The summed E-state index contributed by atoms with van der Waals surface area (Å²) >= 11 is 3.53. The normalized spacial score (nSPS) is 12.7. The van der Waals surface area contributed by atoms with Gasteiger partial charge in [0.2, 0.25) is 0 Å². The molecule has 0 fully saturated rings. The van der Waals surface area contributed by atoms with Crippen LogP contribution < -0.4 is 5.32 Å². The molecule has 2 aromatic heterocycles. The van der Waals surface area contributed by atoms with Crippen LogP contribution in [0, 0.1) is 6.92 Å². The SMILES string of the molecule is CCC(Nc1nc2c(C)cccc2s1)c1cccs1. The number of para-hydroxylation sites is 1. The van der Waals surface area contributed by atoms with E-state index in [-0.39, 0.29) is 0 Å². The van der Waals surface area contributed by atoms with Gasteiger partial charge >= 0.3 is 0 Å². The lowest BCUT2D eigenvalue weighted by atomic mass is 10.2. The number of anilines is 1. The Labute approximate surface area is 121 Å². The van der Waals surface area contributed by atoms with Gasteiger partial charge in [0, 0.05) is 4.88 Å². The van der Waals surface area contributed by atoms with E-state index in [1.54, 1.807) is 22.7 Å². The molecule has 0 aliphatic heterocycles. The summed E-state index contributed by atoms with van der Waals surface area (Å²) in [6.07, 6.45) is 1.06. The summed E-state index contributed by atoms with van der Waals surface area (Å²) in [4.78, 5) is 6.10. The molecule has 3 aromatic rings. The lowest BCUT2D eigenvalue weighted by Gasteiger charge is -2.13. The molecule has 0 aliphatic carbocycles. The minimum atomic E-state index is 0.362. The molecule has 1 N–H and O–H groups in total. The van der Waals surface area contributed by atoms with Gasteiger partial charge in [-0.05, 0) is 36.4 Å². The molecule has 19 heavy (non-hydrogen) atoms. The van der Waals surface area contributed by atoms with Crippen molar-refractivity contribution < 1.29 is 0 Å². The van der Waals surface area contributed by atoms with E-state index in [9.17, 15) is 0 Å². The molecule has 0 saturated heterocycles. The highest BCUT2D eigenvalue weighted by Gasteiger charge is 2.13. The molecule has 1 unspecified atom stereocenters. The number of aryl methyl sites for hydroxylation is 1. The van der Waals surface area contributed by atoms with Crippen LogP contribution >= 0.6 is 22.7 Å². The second-order valence-electron chi connectivity index (χ2n) is 4.56. The summed E-state index contributed by atoms with van der Waals surface area (Å²) < 4.78 is 1.25. The molecule has 2 nitrogen and oxygen atoms in total. The molecule has 1 aromatic carbocycles. The zero-order valence-electron chi connectivity index (χ0n) is 11.0. The van der Waals surface area contributed by atoms with Gasteiger partial charge in [-0.3, -0.25) is 0 Å². The second-order valence-corrected chi connectivity index (χ2v) is 6.57. The highest BCUT2D eigenvalue weighted by atomic mass is 32.1. The van der Waals surface area contributed by atoms with Gasteiger partial charge in [-0.25, -0.2) is 4.98 Å². The number of nitrogens with one attached hydrogen (secondary N) is 1. The Morgan fingerprint density at radius 3 is 2.84 bits per heavy atom. The summed E-state index contributed by atoms with van der Waals surface area (Å²) in [5.41, 5.74) is 2.36. The maximum Gasteiger partial charge on any atom is 0.184 e. The molecule has 3 rings (SSSR count). The standard InChI is InChI=1S/C15H16N2S2/c1-3-11(12-8-5-9-18-12)16-15-17-14-10(2)6-4-7-13(14)19-15/h4-9,11H,3H2,1-2H3,(H,16,17). The van der Waals surface area contributed by atoms with Crippen molar-refractivity contribution in [2.75, 3.05) is 5.32 Å². The predicted octanol–water partition coefficient (Wildman–Crippen LogP) is 5.23. The van der Waals surface area contributed by atoms with Crippen LogP contribution in [0.5, 0.6) is 0 Å². The number of thiazole rings is 1. The number of hydrogen-bond donors (Lipinski definition) is 1. The smallest absolute Gasteiger partial charge is 0.184 e. The minimum absolute atomic E-state index is 0.362. The zero-order chi connectivity index (χ0) is 13.2. The van der Waals surface area contributed by atoms with Gasteiger partial charge in [-0.1, -0.05) is 36.5 Å². The third-order valence-corrected chi connectivity index (χ3v) is 5.15. The van der Waals surface area contributed by atoms with E-state index in [2.05, 4.69) is 54.9 Å². The second kappa shape index (κ2) is 5.31. The Bertz CT molecular complexity index is 671. The van der Waals surface area contributed by atoms with Crippen LogP contribution in [0.2, 0.25) is 0 Å². The lowest BCUT2D eigenvalue weighted by Crippen LogP contribution is -2.07. The Morgan fingerprint density at radius 1 is 1.26 bits per heavy atom. The third kappa shape index (κ3) is 2.51. The van der Waals surface area contributed by atoms with E-state index in [1.807, 2.05) is 0 Å². The van der Waals surface area contributed by atoms with E-state index >= 15 is 0 Å². The number of rotatable bonds is 4. The van der Waals surface area contributed by atoms with Crippen molar-refractivity contribution in [3.63, 3.8) is 0 Å². The van der Waals surface area contributed by atoms with Crippen LogP contribution in [-0.2, 0) is 0 Å². The topological polar surface area (TPSA) is 24.9 Å². The Balaban J connectivity index is 1.90. The van der Waals surface area contributed by atoms with Crippen molar-refractivity contribution >= 4 is 38.0 Å². The Morgan fingerprint density at radius 2 is 2.16 bits per heavy atom. The number of benzene rings is 1. The Kier molecular flexibility index (Phi) is 3.53. The summed E-state index contributed by atoms with van der Waals surface area (Å²) in [5, 5.41) is 6.71. The van der Waals surface area contributed by atoms with Crippen LogP contribution in [0.25, 0.3) is 10.2 Å². The highest BCUT2D eigenvalue weighted by molar-refractivity contribution is 7.22. The van der Waals surface area contributed by atoms with Gasteiger partial charge < -0.3 is 5.32 Å². The Hall–Kier alpha value is -1.39. The predicted molar refractivity (Wildman–Crippen MR) is 85.3 cm³/mol. The molecule has 1 atom stereocenters. The van der Waals surface area contributed by atoms with Crippen LogP contribution in [0.3, 0.4) is 0 Å². The monoisotopic (exact) mass is 288 g/mol. The van der Waals surface area contributed by atoms with Crippen LogP contribution in [-0.4, -0.2) is 4.98 Å². The zero-order valence-corrected chi connectivity index (χ0v) is 12.6. The lowest BCUT2D eigenvalue weighted by molar-refractivity contribution is 0.763. The molecule has 0 radical (unpaired) electrons. The quantitative estimate of drug-likeness (QED) is 0.711. The van der Waals surface area contributed by atoms with Gasteiger partial charge in [-0.2, -0.15) is 0 Å². The average molecular weight is 288 g/mol. The fraction of sp³-hybridized carbons (Fsp3) is 0.267. The van der Waals surface area contributed by atoms with Crippen LogP contribution in [0.1, 0.15) is 29.8 Å². The number of fused-ring (bicyclic) bond motifs is 1. The van der Waals surface area contributed by atoms with Gasteiger partial charge in [0.1, 0.15) is 0 Å².